The first-order valence-corrected chi connectivity index (χ1v) is 13.8. The van der Waals surface area contributed by atoms with E-state index in [2.05, 4.69) is 18.8 Å². The highest BCUT2D eigenvalue weighted by atomic mass is 32.1. The number of thiazole rings is 1. The number of fused-ring (bicyclic) bond motifs is 1. The zero-order chi connectivity index (χ0) is 27.5. The van der Waals surface area contributed by atoms with E-state index in [0.717, 1.165) is 16.9 Å². The van der Waals surface area contributed by atoms with E-state index in [1.807, 2.05) is 84.9 Å². The molecule has 0 amide bonds. The van der Waals surface area contributed by atoms with Crippen LogP contribution in [0.3, 0.4) is 0 Å². The Morgan fingerprint density at radius 1 is 1.03 bits per heavy atom. The fourth-order valence-corrected chi connectivity index (χ4v) is 5.66. The van der Waals surface area contributed by atoms with Gasteiger partial charge in [-0.1, -0.05) is 79.8 Å². The number of hydrogen-bond donors (Lipinski definition) is 0. The maximum Gasteiger partial charge on any atom is 0.338 e. The normalized spacial score (nSPS) is 15.2. The van der Waals surface area contributed by atoms with Gasteiger partial charge in [-0.3, -0.25) is 9.36 Å². The molecule has 5 rings (SSSR count). The molecule has 2 heterocycles. The summed E-state index contributed by atoms with van der Waals surface area (Å²) >= 11 is 1.31. The second kappa shape index (κ2) is 11.3. The number of carbonyl (C=O) groups excluding carboxylic acids is 1. The van der Waals surface area contributed by atoms with Gasteiger partial charge in [-0.2, -0.15) is 0 Å². The molecule has 1 aliphatic heterocycles. The van der Waals surface area contributed by atoms with Crippen LogP contribution in [0, 0.1) is 0 Å². The minimum Gasteiger partial charge on any atom is -0.463 e. The van der Waals surface area contributed by atoms with Crippen LogP contribution >= 0.6 is 11.3 Å². The van der Waals surface area contributed by atoms with Crippen molar-refractivity contribution in [3.05, 3.63) is 127 Å². The van der Waals surface area contributed by atoms with E-state index in [0.29, 0.717) is 32.3 Å². The van der Waals surface area contributed by atoms with E-state index in [9.17, 15) is 9.59 Å². The average molecular weight is 539 g/mol. The third-order valence-electron chi connectivity index (χ3n) is 6.57. The zero-order valence-corrected chi connectivity index (χ0v) is 23.2. The number of para-hydroxylation sites is 1. The Bertz CT molecular complexity index is 1710. The third-order valence-corrected chi connectivity index (χ3v) is 7.55. The summed E-state index contributed by atoms with van der Waals surface area (Å²) in [5, 5.41) is 0. The largest absolute Gasteiger partial charge is 0.463 e. The van der Waals surface area contributed by atoms with Crippen molar-refractivity contribution in [2.75, 3.05) is 6.61 Å². The molecular weight excluding hydrogens is 508 g/mol. The first-order chi connectivity index (χ1) is 18.9. The molecule has 1 aromatic heterocycles. The van der Waals surface area contributed by atoms with Gasteiger partial charge < -0.3 is 9.47 Å². The van der Waals surface area contributed by atoms with Crippen molar-refractivity contribution < 1.29 is 14.3 Å². The average Bonchev–Trinajstić information content (AvgIpc) is 3.22. The van der Waals surface area contributed by atoms with Gasteiger partial charge in [0.25, 0.3) is 5.56 Å². The molecule has 6 nitrogen and oxygen atoms in total. The molecule has 0 radical (unpaired) electrons. The van der Waals surface area contributed by atoms with Gasteiger partial charge in [0.1, 0.15) is 11.5 Å². The minimum absolute atomic E-state index is 0.208. The lowest BCUT2D eigenvalue weighted by atomic mass is 9.93. The van der Waals surface area contributed by atoms with Crippen LogP contribution in [-0.2, 0) is 9.53 Å². The zero-order valence-electron chi connectivity index (χ0n) is 22.4. The number of benzene rings is 3. The first kappa shape index (κ1) is 26.4. The lowest BCUT2D eigenvalue weighted by Gasteiger charge is -2.25. The number of allylic oxidation sites excluding steroid dienone is 1. The molecule has 0 saturated carbocycles. The van der Waals surface area contributed by atoms with Crippen LogP contribution < -0.4 is 19.6 Å². The smallest absolute Gasteiger partial charge is 0.338 e. The topological polar surface area (TPSA) is 69.9 Å². The summed E-state index contributed by atoms with van der Waals surface area (Å²) in [4.78, 5) is 32.2. The predicted octanol–water partition coefficient (Wildman–Crippen LogP) is 5.71. The van der Waals surface area contributed by atoms with E-state index >= 15 is 0 Å². The van der Waals surface area contributed by atoms with Crippen molar-refractivity contribution in [3.63, 3.8) is 0 Å². The molecule has 0 bridgehead atoms. The molecule has 0 unspecified atom stereocenters. The highest BCUT2D eigenvalue weighted by Gasteiger charge is 2.33. The molecule has 0 N–H and O–H groups in total. The molecule has 39 heavy (non-hydrogen) atoms. The summed E-state index contributed by atoms with van der Waals surface area (Å²) in [5.74, 6) is 1.31. The number of ether oxygens (including phenoxy) is 2. The fraction of sp³-hybridized carbons (Fsp3) is 0.219. The van der Waals surface area contributed by atoms with Gasteiger partial charge >= 0.3 is 5.97 Å². The Hall–Kier alpha value is -4.23. The van der Waals surface area contributed by atoms with Gasteiger partial charge in [0.05, 0.1) is 28.5 Å². The minimum atomic E-state index is -0.628. The maximum absolute atomic E-state index is 13.9. The molecule has 0 fully saturated rings. The Balaban J connectivity index is 1.61. The summed E-state index contributed by atoms with van der Waals surface area (Å²) < 4.78 is 13.5. The molecule has 3 aromatic carbocycles. The van der Waals surface area contributed by atoms with Crippen molar-refractivity contribution in [1.82, 2.24) is 4.57 Å². The summed E-state index contributed by atoms with van der Waals surface area (Å²) in [6.07, 6.45) is 1.84. The highest BCUT2D eigenvalue weighted by Crippen LogP contribution is 2.31. The first-order valence-electron chi connectivity index (χ1n) is 13.0. The van der Waals surface area contributed by atoms with Gasteiger partial charge in [0, 0.05) is 0 Å². The standard InChI is InChI=1S/C32H30N2O4S/c1-5-37-31(36)28-21(4)33-32-34(29(28)24-16-14-23(15-17-24)20(2)3)30(35)27(39-32)19-22-10-9-13-26(18-22)38-25-11-7-6-8-12-25/h6-20,29H,5H2,1-4H3/b27-19+/t29-/m0/s1. The second-order valence-electron chi connectivity index (χ2n) is 9.61. The Morgan fingerprint density at radius 3 is 2.44 bits per heavy atom. The lowest BCUT2D eigenvalue weighted by Crippen LogP contribution is -2.39. The third kappa shape index (κ3) is 5.49. The van der Waals surface area contributed by atoms with Crippen molar-refractivity contribution in [2.24, 2.45) is 4.99 Å². The van der Waals surface area contributed by atoms with E-state index in [1.54, 1.807) is 18.4 Å². The van der Waals surface area contributed by atoms with Gasteiger partial charge in [-0.05, 0) is 66.8 Å². The van der Waals surface area contributed by atoms with Crippen molar-refractivity contribution >= 4 is 23.4 Å². The SMILES string of the molecule is CCOC(=O)C1=C(C)N=c2s/c(=C/c3cccc(Oc4ccccc4)c3)c(=O)n2[C@H]1c1ccc(C(C)C)cc1. The molecule has 0 saturated heterocycles. The van der Waals surface area contributed by atoms with Crippen LogP contribution in [-0.4, -0.2) is 17.1 Å². The number of aromatic nitrogens is 1. The van der Waals surface area contributed by atoms with Crippen LogP contribution in [0.1, 0.15) is 56.3 Å². The van der Waals surface area contributed by atoms with Crippen molar-refractivity contribution in [3.8, 4) is 11.5 Å². The fourth-order valence-electron chi connectivity index (χ4n) is 4.61. The van der Waals surface area contributed by atoms with Crippen molar-refractivity contribution in [2.45, 2.75) is 39.7 Å². The molecule has 4 aromatic rings. The van der Waals surface area contributed by atoms with E-state index in [1.165, 1.54) is 16.9 Å². The summed E-state index contributed by atoms with van der Waals surface area (Å²) in [5.41, 5.74) is 3.57. The van der Waals surface area contributed by atoms with Crippen LogP contribution in [0.4, 0.5) is 0 Å². The molecule has 198 valence electrons. The van der Waals surface area contributed by atoms with Crippen LogP contribution in [0.25, 0.3) is 6.08 Å². The number of esters is 1. The van der Waals surface area contributed by atoms with E-state index in [-0.39, 0.29) is 12.2 Å². The molecule has 0 aliphatic carbocycles. The monoisotopic (exact) mass is 538 g/mol. The highest BCUT2D eigenvalue weighted by molar-refractivity contribution is 7.07. The van der Waals surface area contributed by atoms with Crippen LogP contribution in [0.2, 0.25) is 0 Å². The van der Waals surface area contributed by atoms with Crippen LogP contribution in [0.15, 0.2) is 99.9 Å². The molecular formula is C32H30N2O4S. The summed E-state index contributed by atoms with van der Waals surface area (Å²) in [7, 11) is 0. The Kier molecular flexibility index (Phi) is 7.61. The summed E-state index contributed by atoms with van der Waals surface area (Å²) in [6, 6.07) is 24.6. The predicted molar refractivity (Wildman–Crippen MR) is 154 cm³/mol. The second-order valence-corrected chi connectivity index (χ2v) is 10.6. The van der Waals surface area contributed by atoms with Gasteiger partial charge in [-0.15, -0.1) is 0 Å². The van der Waals surface area contributed by atoms with Crippen molar-refractivity contribution in [1.29, 1.82) is 0 Å². The lowest BCUT2D eigenvalue weighted by molar-refractivity contribution is -0.139. The molecule has 0 spiro atoms. The molecule has 1 aliphatic rings. The number of carbonyl (C=O) groups is 1. The number of rotatable bonds is 7. The Morgan fingerprint density at radius 2 is 1.74 bits per heavy atom. The number of hydrogen-bond acceptors (Lipinski definition) is 6. The van der Waals surface area contributed by atoms with Crippen LogP contribution in [0.5, 0.6) is 11.5 Å². The van der Waals surface area contributed by atoms with E-state index < -0.39 is 12.0 Å². The Labute approximate surface area is 231 Å². The van der Waals surface area contributed by atoms with E-state index in [4.69, 9.17) is 9.47 Å². The van der Waals surface area contributed by atoms with Gasteiger partial charge in [0.2, 0.25) is 0 Å². The quantitative estimate of drug-likeness (QED) is 0.283. The molecule has 1 atom stereocenters. The number of nitrogens with zero attached hydrogens (tertiary/aromatic N) is 2. The summed E-state index contributed by atoms with van der Waals surface area (Å²) in [6.45, 7) is 8.06. The maximum atomic E-state index is 13.9. The van der Waals surface area contributed by atoms with Gasteiger partial charge in [0.15, 0.2) is 4.80 Å². The van der Waals surface area contributed by atoms with Gasteiger partial charge in [-0.25, -0.2) is 9.79 Å². The molecule has 7 heteroatoms.